The van der Waals surface area contributed by atoms with Crippen molar-refractivity contribution in [1.29, 1.82) is 0 Å². The number of rotatable bonds is 1. The maximum atomic E-state index is 13.4. The van der Waals surface area contributed by atoms with E-state index in [1.807, 2.05) is 20.8 Å². The van der Waals surface area contributed by atoms with E-state index in [-0.39, 0.29) is 29.7 Å². The van der Waals surface area contributed by atoms with Crippen molar-refractivity contribution in [2.24, 2.45) is 11.1 Å². The van der Waals surface area contributed by atoms with Crippen molar-refractivity contribution in [3.63, 3.8) is 0 Å². The Balaban J connectivity index is 0.00000196. The molecule has 1 aromatic carbocycles. The normalized spacial score (nSPS) is 13.2. The molecule has 0 bridgehead atoms. The van der Waals surface area contributed by atoms with Crippen LogP contribution < -0.4 is 5.73 Å². The van der Waals surface area contributed by atoms with Gasteiger partial charge in [0, 0.05) is 16.1 Å². The molecule has 0 aliphatic carbocycles. The molecule has 0 radical (unpaired) electrons. The number of halogens is 3. The van der Waals surface area contributed by atoms with E-state index in [4.69, 9.17) is 5.73 Å². The molecule has 0 saturated carbocycles. The van der Waals surface area contributed by atoms with Gasteiger partial charge in [-0.2, -0.15) is 0 Å². The molecule has 0 aromatic heterocycles. The van der Waals surface area contributed by atoms with E-state index >= 15 is 0 Å². The minimum absolute atomic E-state index is 0. The lowest BCUT2D eigenvalue weighted by Gasteiger charge is -2.27. The van der Waals surface area contributed by atoms with E-state index in [0.29, 0.717) is 5.56 Å². The molecule has 0 saturated heterocycles. The lowest BCUT2D eigenvalue weighted by molar-refractivity contribution is 0.319. The zero-order chi connectivity index (χ0) is 10.9. The summed E-state index contributed by atoms with van der Waals surface area (Å²) < 4.78 is 14.3. The van der Waals surface area contributed by atoms with Crippen molar-refractivity contribution in [3.8, 4) is 0 Å². The molecular weight excluding hydrogens is 280 g/mol. The molecule has 0 fully saturated rings. The monoisotopic (exact) mass is 295 g/mol. The van der Waals surface area contributed by atoms with Crippen LogP contribution in [0.1, 0.15) is 32.4 Å². The molecule has 15 heavy (non-hydrogen) atoms. The Morgan fingerprint density at radius 1 is 1.33 bits per heavy atom. The molecule has 4 heteroatoms. The van der Waals surface area contributed by atoms with Crippen LogP contribution in [0, 0.1) is 11.2 Å². The standard InChI is InChI=1S/C11H15BrFN.ClH/c1-11(2,3)10(14)8-6-7(12)4-5-9(8)13;/h4-6,10H,14H2,1-3H3;1H/t10-;/m0./s1. The van der Waals surface area contributed by atoms with Crippen LogP contribution in [-0.2, 0) is 0 Å². The fourth-order valence-electron chi connectivity index (χ4n) is 1.22. The van der Waals surface area contributed by atoms with Crippen LogP contribution in [0.4, 0.5) is 4.39 Å². The predicted octanol–water partition coefficient (Wildman–Crippen LogP) is 4.06. The zero-order valence-corrected chi connectivity index (χ0v) is 11.5. The van der Waals surface area contributed by atoms with E-state index in [2.05, 4.69) is 15.9 Å². The van der Waals surface area contributed by atoms with E-state index < -0.39 is 0 Å². The third-order valence-electron chi connectivity index (χ3n) is 2.23. The average molecular weight is 297 g/mol. The minimum atomic E-state index is -0.292. The van der Waals surface area contributed by atoms with Crippen LogP contribution >= 0.6 is 28.3 Å². The summed E-state index contributed by atoms with van der Waals surface area (Å²) in [7, 11) is 0. The van der Waals surface area contributed by atoms with Gasteiger partial charge in [-0.15, -0.1) is 12.4 Å². The van der Waals surface area contributed by atoms with Gasteiger partial charge in [-0.1, -0.05) is 36.7 Å². The largest absolute Gasteiger partial charge is 0.323 e. The lowest BCUT2D eigenvalue weighted by atomic mass is 9.83. The topological polar surface area (TPSA) is 26.0 Å². The summed E-state index contributed by atoms with van der Waals surface area (Å²) in [4.78, 5) is 0. The summed E-state index contributed by atoms with van der Waals surface area (Å²) in [6, 6.07) is 4.56. The number of hydrogen-bond acceptors (Lipinski definition) is 1. The first-order valence-electron chi connectivity index (χ1n) is 4.53. The molecule has 2 N–H and O–H groups in total. The van der Waals surface area contributed by atoms with Crippen molar-refractivity contribution < 1.29 is 4.39 Å². The Labute approximate surface area is 105 Å². The molecule has 1 nitrogen and oxygen atoms in total. The first-order chi connectivity index (χ1) is 6.32. The van der Waals surface area contributed by atoms with Crippen molar-refractivity contribution in [2.75, 3.05) is 0 Å². The van der Waals surface area contributed by atoms with Crippen LogP contribution in [-0.4, -0.2) is 0 Å². The van der Waals surface area contributed by atoms with Gasteiger partial charge in [-0.25, -0.2) is 4.39 Å². The van der Waals surface area contributed by atoms with Gasteiger partial charge < -0.3 is 5.73 Å². The molecule has 1 aromatic rings. The van der Waals surface area contributed by atoms with E-state index in [1.165, 1.54) is 6.07 Å². The summed E-state index contributed by atoms with van der Waals surface area (Å²) in [5.41, 5.74) is 6.41. The van der Waals surface area contributed by atoms with Gasteiger partial charge >= 0.3 is 0 Å². The Morgan fingerprint density at radius 2 is 1.87 bits per heavy atom. The number of nitrogens with two attached hydrogens (primary N) is 1. The van der Waals surface area contributed by atoms with Crippen LogP contribution in [0.25, 0.3) is 0 Å². The van der Waals surface area contributed by atoms with Gasteiger partial charge in [0.15, 0.2) is 0 Å². The van der Waals surface area contributed by atoms with Crippen LogP contribution in [0.3, 0.4) is 0 Å². The second-order valence-corrected chi connectivity index (χ2v) is 5.43. The Bertz CT molecular complexity index is 336. The van der Waals surface area contributed by atoms with Crippen molar-refractivity contribution in [2.45, 2.75) is 26.8 Å². The summed E-state index contributed by atoms with van der Waals surface area (Å²) in [6.07, 6.45) is 0. The SMILES string of the molecule is CC(C)(C)[C@@H](N)c1cc(Br)ccc1F.Cl. The molecule has 86 valence electrons. The second-order valence-electron chi connectivity index (χ2n) is 4.51. The molecule has 0 amide bonds. The van der Waals surface area contributed by atoms with E-state index in [1.54, 1.807) is 12.1 Å². The highest BCUT2D eigenvalue weighted by Gasteiger charge is 2.24. The fraction of sp³-hybridized carbons (Fsp3) is 0.455. The quantitative estimate of drug-likeness (QED) is 0.831. The molecule has 0 unspecified atom stereocenters. The molecule has 1 atom stereocenters. The van der Waals surface area contributed by atoms with Crippen LogP contribution in [0.2, 0.25) is 0 Å². The molecule has 0 aliphatic heterocycles. The first kappa shape index (κ1) is 14.9. The van der Waals surface area contributed by atoms with Gasteiger partial charge in [0.2, 0.25) is 0 Å². The van der Waals surface area contributed by atoms with E-state index in [0.717, 1.165) is 4.47 Å². The summed E-state index contributed by atoms with van der Waals surface area (Å²) in [5.74, 6) is -0.240. The Hall–Kier alpha value is -0.120. The third kappa shape index (κ3) is 3.74. The highest BCUT2D eigenvalue weighted by Crippen LogP contribution is 2.32. The Morgan fingerprint density at radius 3 is 2.33 bits per heavy atom. The van der Waals surface area contributed by atoms with Gasteiger partial charge in [0.1, 0.15) is 5.82 Å². The maximum absolute atomic E-state index is 13.4. The van der Waals surface area contributed by atoms with Gasteiger partial charge in [-0.3, -0.25) is 0 Å². The number of benzene rings is 1. The molecule has 0 aliphatic rings. The molecule has 1 rings (SSSR count). The highest BCUT2D eigenvalue weighted by molar-refractivity contribution is 9.10. The van der Waals surface area contributed by atoms with Crippen molar-refractivity contribution in [3.05, 3.63) is 34.1 Å². The van der Waals surface area contributed by atoms with E-state index in [9.17, 15) is 4.39 Å². The Kier molecular flexibility index (Phi) is 5.24. The second kappa shape index (κ2) is 5.28. The average Bonchev–Trinajstić information content (AvgIpc) is 2.06. The predicted molar refractivity (Wildman–Crippen MR) is 67.7 cm³/mol. The maximum Gasteiger partial charge on any atom is 0.128 e. The fourth-order valence-corrected chi connectivity index (χ4v) is 1.60. The molecule has 0 heterocycles. The molecule has 0 spiro atoms. The third-order valence-corrected chi connectivity index (χ3v) is 2.72. The van der Waals surface area contributed by atoms with Crippen LogP contribution in [0.5, 0.6) is 0 Å². The zero-order valence-electron chi connectivity index (χ0n) is 9.05. The minimum Gasteiger partial charge on any atom is -0.323 e. The lowest BCUT2D eigenvalue weighted by Crippen LogP contribution is -2.27. The van der Waals surface area contributed by atoms with Gasteiger partial charge in [0.05, 0.1) is 0 Å². The highest BCUT2D eigenvalue weighted by atomic mass is 79.9. The van der Waals surface area contributed by atoms with Gasteiger partial charge in [-0.05, 0) is 23.6 Å². The number of hydrogen-bond donors (Lipinski definition) is 1. The smallest absolute Gasteiger partial charge is 0.128 e. The first-order valence-corrected chi connectivity index (χ1v) is 5.32. The van der Waals surface area contributed by atoms with Gasteiger partial charge in [0.25, 0.3) is 0 Å². The summed E-state index contributed by atoms with van der Waals surface area (Å²) in [5, 5.41) is 0. The van der Waals surface area contributed by atoms with Crippen molar-refractivity contribution in [1.82, 2.24) is 0 Å². The summed E-state index contributed by atoms with van der Waals surface area (Å²) >= 11 is 3.31. The summed E-state index contributed by atoms with van der Waals surface area (Å²) in [6.45, 7) is 5.99. The van der Waals surface area contributed by atoms with Crippen LogP contribution in [0.15, 0.2) is 22.7 Å². The van der Waals surface area contributed by atoms with Crippen molar-refractivity contribution >= 4 is 28.3 Å². The molecular formula is C11H16BrClFN.